The molecule has 0 spiro atoms. The molecule has 0 aromatic rings. The van der Waals surface area contributed by atoms with Crippen molar-refractivity contribution in [1.29, 1.82) is 0 Å². The van der Waals surface area contributed by atoms with E-state index in [0.29, 0.717) is 5.92 Å². The Hall–Kier alpha value is -0.770. The maximum Gasteiger partial charge on any atom is 0.315 e. The quantitative estimate of drug-likeness (QED) is 0.616. The lowest BCUT2D eigenvalue weighted by molar-refractivity contribution is 0.210. The Kier molecular flexibility index (Phi) is 4.73. The molecule has 4 nitrogen and oxygen atoms in total. The molecule has 3 N–H and O–H groups in total. The minimum absolute atomic E-state index is 0.00729. The van der Waals surface area contributed by atoms with Crippen LogP contribution in [0.1, 0.15) is 32.6 Å². The summed E-state index contributed by atoms with van der Waals surface area (Å²) >= 11 is 0. The Morgan fingerprint density at radius 1 is 1.57 bits per heavy atom. The lowest BCUT2D eigenvalue weighted by Crippen LogP contribution is -2.45. The molecule has 1 unspecified atom stereocenters. The number of nitrogens with one attached hydrogen (secondary N) is 2. The molecule has 2 amide bonds. The van der Waals surface area contributed by atoms with Gasteiger partial charge in [-0.1, -0.05) is 13.3 Å². The Morgan fingerprint density at radius 2 is 2.29 bits per heavy atom. The van der Waals surface area contributed by atoms with Crippen LogP contribution >= 0.6 is 0 Å². The predicted molar refractivity (Wildman–Crippen MR) is 55.0 cm³/mol. The van der Waals surface area contributed by atoms with Crippen LogP contribution in [0.3, 0.4) is 0 Å². The predicted octanol–water partition coefficient (Wildman–Crippen LogP) is 0.857. The summed E-state index contributed by atoms with van der Waals surface area (Å²) in [4.78, 5) is 11.3. The topological polar surface area (TPSA) is 61.4 Å². The van der Waals surface area contributed by atoms with E-state index < -0.39 is 0 Å². The normalized spacial score (nSPS) is 18.4. The summed E-state index contributed by atoms with van der Waals surface area (Å²) in [5, 5.41) is 14.4. The summed E-state index contributed by atoms with van der Waals surface area (Å²) < 4.78 is 0. The summed E-state index contributed by atoms with van der Waals surface area (Å²) in [6.07, 6.45) is 4.52. The number of carbonyl (C=O) groups excluding carboxylic acids is 1. The van der Waals surface area contributed by atoms with Gasteiger partial charge in [-0.15, -0.1) is 0 Å². The van der Waals surface area contributed by atoms with Crippen LogP contribution in [0, 0.1) is 5.92 Å². The van der Waals surface area contributed by atoms with E-state index in [4.69, 9.17) is 5.11 Å². The Bertz CT molecular complexity index is 177. The lowest BCUT2D eigenvalue weighted by atomic mass is 9.85. The summed E-state index contributed by atoms with van der Waals surface area (Å²) in [7, 11) is 0. The average Bonchev–Trinajstić information content (AvgIpc) is 2.11. The van der Waals surface area contributed by atoms with Crippen LogP contribution in [-0.2, 0) is 0 Å². The van der Waals surface area contributed by atoms with Gasteiger partial charge in [0.15, 0.2) is 0 Å². The van der Waals surface area contributed by atoms with Crippen molar-refractivity contribution in [3.05, 3.63) is 0 Å². The highest BCUT2D eigenvalue weighted by atomic mass is 16.3. The number of carbonyl (C=O) groups is 1. The fourth-order valence-corrected chi connectivity index (χ4v) is 1.45. The van der Waals surface area contributed by atoms with Gasteiger partial charge in [0.05, 0.1) is 12.6 Å². The molecule has 14 heavy (non-hydrogen) atoms. The molecule has 1 aliphatic carbocycles. The third-order valence-electron chi connectivity index (χ3n) is 2.82. The van der Waals surface area contributed by atoms with Crippen molar-refractivity contribution in [3.8, 4) is 0 Å². The summed E-state index contributed by atoms with van der Waals surface area (Å²) in [5.74, 6) is 0.676. The van der Waals surface area contributed by atoms with Crippen molar-refractivity contribution in [2.24, 2.45) is 5.92 Å². The fourth-order valence-electron chi connectivity index (χ4n) is 1.45. The van der Waals surface area contributed by atoms with Crippen LogP contribution in [0.2, 0.25) is 0 Å². The van der Waals surface area contributed by atoms with E-state index in [1.165, 1.54) is 19.3 Å². The van der Waals surface area contributed by atoms with E-state index in [1.54, 1.807) is 0 Å². The molecule has 1 saturated carbocycles. The summed E-state index contributed by atoms with van der Waals surface area (Å²) in [6.45, 7) is 2.72. The molecule has 0 radical (unpaired) electrons. The first-order valence-electron chi connectivity index (χ1n) is 5.41. The average molecular weight is 200 g/mol. The van der Waals surface area contributed by atoms with Crippen LogP contribution in [0.15, 0.2) is 0 Å². The number of aliphatic hydroxyl groups is 1. The largest absolute Gasteiger partial charge is 0.394 e. The van der Waals surface area contributed by atoms with Gasteiger partial charge in [-0.05, 0) is 25.2 Å². The number of amides is 2. The summed E-state index contributed by atoms with van der Waals surface area (Å²) in [5.41, 5.74) is 0. The van der Waals surface area contributed by atoms with Gasteiger partial charge in [-0.25, -0.2) is 4.79 Å². The number of hydrogen-bond donors (Lipinski definition) is 3. The molecule has 1 aliphatic rings. The second kappa shape index (κ2) is 5.86. The van der Waals surface area contributed by atoms with Gasteiger partial charge in [0.1, 0.15) is 0 Å². The molecule has 0 aliphatic heterocycles. The number of hydrogen-bond acceptors (Lipinski definition) is 2. The van der Waals surface area contributed by atoms with Crippen LogP contribution in [0.4, 0.5) is 4.79 Å². The zero-order valence-electron chi connectivity index (χ0n) is 8.75. The second-order valence-electron chi connectivity index (χ2n) is 3.94. The second-order valence-corrected chi connectivity index (χ2v) is 3.94. The fraction of sp³-hybridized carbons (Fsp3) is 0.900. The lowest BCUT2D eigenvalue weighted by Gasteiger charge is -2.25. The first-order valence-corrected chi connectivity index (χ1v) is 5.41. The monoisotopic (exact) mass is 200 g/mol. The molecule has 0 bridgehead atoms. The van der Waals surface area contributed by atoms with Crippen LogP contribution < -0.4 is 10.6 Å². The van der Waals surface area contributed by atoms with E-state index in [1.807, 2.05) is 6.92 Å². The van der Waals surface area contributed by atoms with Gasteiger partial charge in [-0.2, -0.15) is 0 Å². The van der Waals surface area contributed by atoms with Crippen LogP contribution in [0.25, 0.3) is 0 Å². The minimum atomic E-state index is -0.155. The third kappa shape index (κ3) is 3.54. The Labute approximate surface area is 85.1 Å². The molecule has 0 aromatic heterocycles. The molecule has 0 heterocycles. The standard InChI is InChI=1S/C10H20N2O2/c1-2-9(7-13)12-10(14)11-6-8-4-3-5-8/h8-9,13H,2-7H2,1H3,(H2,11,12,14). The number of aliphatic hydroxyl groups excluding tert-OH is 1. The van der Waals surface area contributed by atoms with Crippen molar-refractivity contribution in [1.82, 2.24) is 10.6 Å². The van der Waals surface area contributed by atoms with E-state index in [2.05, 4.69) is 10.6 Å². The molecule has 0 saturated heterocycles. The van der Waals surface area contributed by atoms with Crippen molar-refractivity contribution in [2.45, 2.75) is 38.6 Å². The Balaban J connectivity index is 2.07. The SMILES string of the molecule is CCC(CO)NC(=O)NCC1CCC1. The highest BCUT2D eigenvalue weighted by Crippen LogP contribution is 2.24. The van der Waals surface area contributed by atoms with Crippen molar-refractivity contribution in [2.75, 3.05) is 13.2 Å². The molecular formula is C10H20N2O2. The maximum absolute atomic E-state index is 11.3. The minimum Gasteiger partial charge on any atom is -0.394 e. The van der Waals surface area contributed by atoms with Crippen molar-refractivity contribution in [3.63, 3.8) is 0 Å². The maximum atomic E-state index is 11.3. The van der Waals surface area contributed by atoms with E-state index >= 15 is 0 Å². The van der Waals surface area contributed by atoms with Crippen molar-refractivity contribution >= 4 is 6.03 Å². The summed E-state index contributed by atoms with van der Waals surface area (Å²) in [6, 6.07) is -0.269. The third-order valence-corrected chi connectivity index (χ3v) is 2.82. The zero-order valence-corrected chi connectivity index (χ0v) is 8.75. The first kappa shape index (κ1) is 11.3. The van der Waals surface area contributed by atoms with Gasteiger partial charge >= 0.3 is 6.03 Å². The highest BCUT2D eigenvalue weighted by Gasteiger charge is 2.18. The molecule has 1 fully saturated rings. The van der Waals surface area contributed by atoms with E-state index in [-0.39, 0.29) is 18.7 Å². The van der Waals surface area contributed by atoms with Crippen LogP contribution in [0.5, 0.6) is 0 Å². The van der Waals surface area contributed by atoms with E-state index in [0.717, 1.165) is 13.0 Å². The van der Waals surface area contributed by atoms with Gasteiger partial charge in [-0.3, -0.25) is 0 Å². The molecule has 82 valence electrons. The smallest absolute Gasteiger partial charge is 0.315 e. The zero-order chi connectivity index (χ0) is 10.4. The molecule has 1 rings (SSSR count). The van der Waals surface area contributed by atoms with Gasteiger partial charge in [0, 0.05) is 6.54 Å². The molecule has 1 atom stereocenters. The van der Waals surface area contributed by atoms with Gasteiger partial charge in [0.2, 0.25) is 0 Å². The van der Waals surface area contributed by atoms with E-state index in [9.17, 15) is 4.79 Å². The highest BCUT2D eigenvalue weighted by molar-refractivity contribution is 5.74. The molecule has 0 aromatic carbocycles. The van der Waals surface area contributed by atoms with Crippen molar-refractivity contribution < 1.29 is 9.90 Å². The van der Waals surface area contributed by atoms with Crippen LogP contribution in [-0.4, -0.2) is 30.3 Å². The van der Waals surface area contributed by atoms with Gasteiger partial charge < -0.3 is 15.7 Å². The number of urea groups is 1. The molecule has 4 heteroatoms. The molecular weight excluding hydrogens is 180 g/mol. The number of rotatable bonds is 5. The Morgan fingerprint density at radius 3 is 2.71 bits per heavy atom. The first-order chi connectivity index (χ1) is 6.76. The van der Waals surface area contributed by atoms with Gasteiger partial charge in [0.25, 0.3) is 0 Å².